The number of carbonyl (C=O) groups is 1. The lowest BCUT2D eigenvalue weighted by atomic mass is 10.2. The second-order valence-electron chi connectivity index (χ2n) is 6.04. The molecule has 144 valence electrons. The molecule has 0 saturated heterocycles. The number of methoxy groups -OCH3 is 2. The molecule has 0 radical (unpaired) electrons. The highest BCUT2D eigenvalue weighted by atomic mass is 35.5. The number of halogens is 1. The van der Waals surface area contributed by atoms with Crippen molar-refractivity contribution in [2.45, 2.75) is 6.92 Å². The summed E-state index contributed by atoms with van der Waals surface area (Å²) in [5.41, 5.74) is 3.53. The van der Waals surface area contributed by atoms with Crippen LogP contribution < -0.4 is 20.1 Å². The minimum atomic E-state index is -0.335. The predicted molar refractivity (Wildman–Crippen MR) is 111 cm³/mol. The Hall–Kier alpha value is -3.25. The van der Waals surface area contributed by atoms with Crippen LogP contribution in [0, 0.1) is 6.92 Å². The zero-order valence-corrected chi connectivity index (χ0v) is 16.5. The molecule has 0 spiro atoms. The Kier molecular flexibility index (Phi) is 6.01. The highest BCUT2D eigenvalue weighted by Gasteiger charge is 2.12. The van der Waals surface area contributed by atoms with Crippen molar-refractivity contribution in [1.82, 2.24) is 4.98 Å². The fourth-order valence-corrected chi connectivity index (χ4v) is 2.84. The number of nitrogens with zero attached hydrogens (tertiary/aromatic N) is 1. The average molecular weight is 398 g/mol. The maximum Gasteiger partial charge on any atom is 0.274 e. The van der Waals surface area contributed by atoms with Crippen molar-refractivity contribution < 1.29 is 14.3 Å². The molecule has 7 heteroatoms. The third-order valence-corrected chi connectivity index (χ3v) is 4.36. The van der Waals surface area contributed by atoms with Crippen LogP contribution in [0.3, 0.4) is 0 Å². The summed E-state index contributed by atoms with van der Waals surface area (Å²) in [5.74, 6) is 0.808. The third-order valence-electron chi connectivity index (χ3n) is 4.12. The number of benzene rings is 2. The van der Waals surface area contributed by atoms with E-state index < -0.39 is 0 Å². The molecular weight excluding hydrogens is 378 g/mol. The van der Waals surface area contributed by atoms with Gasteiger partial charge >= 0.3 is 0 Å². The molecule has 0 atom stereocenters. The first-order valence-corrected chi connectivity index (χ1v) is 8.90. The van der Waals surface area contributed by atoms with Crippen LogP contribution in [-0.4, -0.2) is 25.1 Å². The number of aromatic nitrogens is 1. The van der Waals surface area contributed by atoms with E-state index in [4.69, 9.17) is 21.1 Å². The Bertz CT molecular complexity index is 991. The van der Waals surface area contributed by atoms with Crippen LogP contribution >= 0.6 is 11.6 Å². The zero-order chi connectivity index (χ0) is 20.1. The van der Waals surface area contributed by atoms with E-state index in [1.807, 2.05) is 25.1 Å². The SMILES string of the molecule is COc1ccc(NC(=O)c2ccc(Nc3ccc(Cl)cc3C)cn2)c(OC)c1. The van der Waals surface area contributed by atoms with Crippen LogP contribution in [0.5, 0.6) is 11.5 Å². The number of anilines is 3. The summed E-state index contributed by atoms with van der Waals surface area (Å²) < 4.78 is 10.5. The van der Waals surface area contributed by atoms with Crippen LogP contribution in [0.2, 0.25) is 5.02 Å². The molecule has 1 heterocycles. The number of ether oxygens (including phenoxy) is 2. The van der Waals surface area contributed by atoms with Gasteiger partial charge in [0.25, 0.3) is 5.91 Å². The molecule has 0 aliphatic carbocycles. The second kappa shape index (κ2) is 8.63. The topological polar surface area (TPSA) is 72.5 Å². The summed E-state index contributed by atoms with van der Waals surface area (Å²) in [7, 11) is 3.10. The van der Waals surface area contributed by atoms with Crippen LogP contribution in [0.4, 0.5) is 17.1 Å². The third kappa shape index (κ3) is 4.53. The Morgan fingerprint density at radius 3 is 2.43 bits per heavy atom. The van der Waals surface area contributed by atoms with Gasteiger partial charge in [0.2, 0.25) is 0 Å². The number of hydrogen-bond donors (Lipinski definition) is 2. The highest BCUT2D eigenvalue weighted by Crippen LogP contribution is 2.29. The monoisotopic (exact) mass is 397 g/mol. The van der Waals surface area contributed by atoms with Gasteiger partial charge in [-0.1, -0.05) is 11.6 Å². The van der Waals surface area contributed by atoms with Crippen molar-refractivity contribution in [2.75, 3.05) is 24.9 Å². The Morgan fingerprint density at radius 1 is 1.00 bits per heavy atom. The number of nitrogens with one attached hydrogen (secondary N) is 2. The van der Waals surface area contributed by atoms with E-state index in [9.17, 15) is 4.79 Å². The molecular formula is C21H20ClN3O3. The zero-order valence-electron chi connectivity index (χ0n) is 15.7. The van der Waals surface area contributed by atoms with Crippen LogP contribution in [0.1, 0.15) is 16.1 Å². The quantitative estimate of drug-likeness (QED) is 0.608. The molecule has 0 aliphatic rings. The van der Waals surface area contributed by atoms with Gasteiger partial charge in [-0.15, -0.1) is 0 Å². The number of pyridine rings is 1. The minimum Gasteiger partial charge on any atom is -0.497 e. The lowest BCUT2D eigenvalue weighted by Crippen LogP contribution is -2.14. The smallest absolute Gasteiger partial charge is 0.274 e. The molecule has 0 aliphatic heterocycles. The van der Waals surface area contributed by atoms with E-state index in [1.54, 1.807) is 43.6 Å². The lowest BCUT2D eigenvalue weighted by Gasteiger charge is -2.12. The van der Waals surface area contributed by atoms with Gasteiger partial charge in [0.05, 0.1) is 31.8 Å². The van der Waals surface area contributed by atoms with E-state index >= 15 is 0 Å². The van der Waals surface area contributed by atoms with E-state index in [0.29, 0.717) is 22.2 Å². The van der Waals surface area contributed by atoms with Gasteiger partial charge in [-0.2, -0.15) is 0 Å². The Morgan fingerprint density at radius 2 is 1.79 bits per heavy atom. The minimum absolute atomic E-state index is 0.288. The molecule has 3 aromatic rings. The van der Waals surface area contributed by atoms with E-state index in [0.717, 1.165) is 16.9 Å². The van der Waals surface area contributed by atoms with Gasteiger partial charge < -0.3 is 20.1 Å². The Labute approximate surface area is 168 Å². The number of aryl methyl sites for hydroxylation is 1. The molecule has 0 bridgehead atoms. The molecule has 6 nitrogen and oxygen atoms in total. The van der Waals surface area contributed by atoms with Crippen molar-refractivity contribution in [3.05, 3.63) is 71.0 Å². The molecule has 0 saturated carbocycles. The average Bonchev–Trinajstić information content (AvgIpc) is 2.71. The van der Waals surface area contributed by atoms with Gasteiger partial charge in [0.15, 0.2) is 0 Å². The maximum absolute atomic E-state index is 12.5. The standard InChI is InChI=1S/C21H20ClN3O3/c1-13-10-14(22)4-7-17(13)24-15-5-8-19(23-12-15)21(26)25-18-9-6-16(27-2)11-20(18)28-3/h4-12,24H,1-3H3,(H,25,26). The van der Waals surface area contributed by atoms with Gasteiger partial charge in [0.1, 0.15) is 17.2 Å². The highest BCUT2D eigenvalue weighted by molar-refractivity contribution is 6.30. The summed E-state index contributed by atoms with van der Waals surface area (Å²) >= 11 is 5.98. The summed E-state index contributed by atoms with van der Waals surface area (Å²) in [4.78, 5) is 16.7. The van der Waals surface area contributed by atoms with Gasteiger partial charge in [-0.05, 0) is 55.0 Å². The Balaban J connectivity index is 1.72. The normalized spacial score (nSPS) is 10.3. The summed E-state index contributed by atoms with van der Waals surface area (Å²) in [5, 5.41) is 6.74. The molecule has 3 rings (SSSR count). The lowest BCUT2D eigenvalue weighted by molar-refractivity contribution is 0.102. The van der Waals surface area contributed by atoms with Crippen molar-refractivity contribution in [2.24, 2.45) is 0 Å². The number of hydrogen-bond acceptors (Lipinski definition) is 5. The molecule has 0 fully saturated rings. The summed E-state index contributed by atoms with van der Waals surface area (Å²) in [6.45, 7) is 1.96. The molecule has 1 aromatic heterocycles. The first-order valence-electron chi connectivity index (χ1n) is 8.53. The van der Waals surface area contributed by atoms with E-state index in [2.05, 4.69) is 15.6 Å². The number of rotatable bonds is 6. The molecule has 1 amide bonds. The maximum atomic E-state index is 12.5. The largest absolute Gasteiger partial charge is 0.497 e. The number of carbonyl (C=O) groups excluding carboxylic acids is 1. The molecule has 2 aromatic carbocycles. The van der Waals surface area contributed by atoms with Crippen molar-refractivity contribution in [3.63, 3.8) is 0 Å². The first kappa shape index (κ1) is 19.5. The molecule has 0 unspecified atom stereocenters. The van der Waals surface area contributed by atoms with E-state index in [-0.39, 0.29) is 11.6 Å². The molecule has 28 heavy (non-hydrogen) atoms. The van der Waals surface area contributed by atoms with Crippen molar-refractivity contribution >= 4 is 34.6 Å². The van der Waals surface area contributed by atoms with E-state index in [1.165, 1.54) is 7.11 Å². The summed E-state index contributed by atoms with van der Waals surface area (Å²) in [6.07, 6.45) is 1.61. The van der Waals surface area contributed by atoms with Crippen molar-refractivity contribution in [3.8, 4) is 11.5 Å². The van der Waals surface area contributed by atoms with Crippen LogP contribution in [-0.2, 0) is 0 Å². The summed E-state index contributed by atoms with van der Waals surface area (Å²) in [6, 6.07) is 14.2. The fourth-order valence-electron chi connectivity index (χ4n) is 2.61. The van der Waals surface area contributed by atoms with Gasteiger partial charge in [-0.25, -0.2) is 4.98 Å². The van der Waals surface area contributed by atoms with Gasteiger partial charge in [0, 0.05) is 16.8 Å². The van der Waals surface area contributed by atoms with Crippen LogP contribution in [0.15, 0.2) is 54.7 Å². The van der Waals surface area contributed by atoms with Gasteiger partial charge in [-0.3, -0.25) is 4.79 Å². The fraction of sp³-hybridized carbons (Fsp3) is 0.143. The second-order valence-corrected chi connectivity index (χ2v) is 6.47. The first-order chi connectivity index (χ1) is 13.5. The van der Waals surface area contributed by atoms with Crippen molar-refractivity contribution in [1.29, 1.82) is 0 Å². The van der Waals surface area contributed by atoms with Crippen LogP contribution in [0.25, 0.3) is 0 Å². The molecule has 2 N–H and O–H groups in total. The predicted octanol–water partition coefficient (Wildman–Crippen LogP) is 5.06. The number of amides is 1.